The number of ether oxygens (including phenoxy) is 1. The summed E-state index contributed by atoms with van der Waals surface area (Å²) in [6.45, 7) is 4.63. The van der Waals surface area contributed by atoms with Crippen LogP contribution in [-0.4, -0.2) is 21.5 Å². The fourth-order valence-electron chi connectivity index (χ4n) is 2.32. The van der Waals surface area contributed by atoms with Crippen molar-refractivity contribution in [2.75, 3.05) is 6.61 Å². The van der Waals surface area contributed by atoms with Gasteiger partial charge in [0.25, 0.3) is 0 Å². The minimum atomic E-state index is -0.582. The van der Waals surface area contributed by atoms with Crippen LogP contribution in [0.3, 0.4) is 0 Å². The lowest BCUT2D eigenvalue weighted by Crippen LogP contribution is -2.07. The molecule has 0 saturated carbocycles. The Labute approximate surface area is 133 Å². The highest BCUT2D eigenvalue weighted by Crippen LogP contribution is 2.28. The molecule has 0 aliphatic rings. The number of halogens is 1. The van der Waals surface area contributed by atoms with Gasteiger partial charge in [0, 0.05) is 13.5 Å². The predicted molar refractivity (Wildman–Crippen MR) is 86.6 cm³/mol. The first-order chi connectivity index (χ1) is 10.1. The van der Waals surface area contributed by atoms with Crippen LogP contribution < -0.4 is 4.74 Å². The molecule has 1 unspecified atom stereocenters. The monoisotopic (exact) mass is 352 g/mol. The standard InChI is InChI=1S/C16H21BrN2O2/c1-4-13-16(17)14(19(3)18-13)10-15(20)11-7-6-8-12(9-11)21-5-2/h6-9,15,20H,4-5,10H2,1-3H3. The quantitative estimate of drug-likeness (QED) is 0.866. The third-order valence-electron chi connectivity index (χ3n) is 3.44. The highest BCUT2D eigenvalue weighted by Gasteiger charge is 2.17. The van der Waals surface area contributed by atoms with E-state index in [0.717, 1.165) is 33.6 Å². The van der Waals surface area contributed by atoms with Crippen LogP contribution >= 0.6 is 15.9 Å². The highest BCUT2D eigenvalue weighted by atomic mass is 79.9. The summed E-state index contributed by atoms with van der Waals surface area (Å²) in [4.78, 5) is 0. The zero-order chi connectivity index (χ0) is 15.4. The fourth-order valence-corrected chi connectivity index (χ4v) is 3.10. The topological polar surface area (TPSA) is 47.3 Å². The Morgan fingerprint density at radius 1 is 1.38 bits per heavy atom. The number of hydrogen-bond donors (Lipinski definition) is 1. The first-order valence-corrected chi connectivity index (χ1v) is 7.97. The third kappa shape index (κ3) is 3.66. The summed E-state index contributed by atoms with van der Waals surface area (Å²) in [5.41, 5.74) is 2.87. The summed E-state index contributed by atoms with van der Waals surface area (Å²) >= 11 is 3.58. The number of aliphatic hydroxyl groups is 1. The molecule has 0 spiro atoms. The Kier molecular flexibility index (Phi) is 5.42. The van der Waals surface area contributed by atoms with Crippen LogP contribution in [0.25, 0.3) is 0 Å². The average molecular weight is 353 g/mol. The van der Waals surface area contributed by atoms with E-state index in [1.807, 2.05) is 42.9 Å². The van der Waals surface area contributed by atoms with E-state index in [0.29, 0.717) is 13.0 Å². The third-order valence-corrected chi connectivity index (χ3v) is 4.36. The molecule has 0 fully saturated rings. The van der Waals surface area contributed by atoms with E-state index in [9.17, 15) is 5.11 Å². The molecule has 1 aromatic heterocycles. The van der Waals surface area contributed by atoms with E-state index in [1.54, 1.807) is 0 Å². The van der Waals surface area contributed by atoms with Crippen molar-refractivity contribution in [3.05, 3.63) is 45.7 Å². The van der Waals surface area contributed by atoms with E-state index in [-0.39, 0.29) is 0 Å². The van der Waals surface area contributed by atoms with Crippen molar-refractivity contribution < 1.29 is 9.84 Å². The molecule has 21 heavy (non-hydrogen) atoms. The molecule has 1 atom stereocenters. The van der Waals surface area contributed by atoms with Crippen LogP contribution in [0.4, 0.5) is 0 Å². The Hall–Kier alpha value is -1.33. The van der Waals surface area contributed by atoms with E-state index in [2.05, 4.69) is 28.0 Å². The highest BCUT2D eigenvalue weighted by molar-refractivity contribution is 9.10. The zero-order valence-corrected chi connectivity index (χ0v) is 14.2. The summed E-state index contributed by atoms with van der Waals surface area (Å²) in [5, 5.41) is 14.9. The fraction of sp³-hybridized carbons (Fsp3) is 0.438. The lowest BCUT2D eigenvalue weighted by molar-refractivity contribution is 0.175. The molecular formula is C16H21BrN2O2. The van der Waals surface area contributed by atoms with Crippen molar-refractivity contribution in [2.24, 2.45) is 7.05 Å². The smallest absolute Gasteiger partial charge is 0.119 e. The van der Waals surface area contributed by atoms with Gasteiger partial charge in [-0.3, -0.25) is 4.68 Å². The van der Waals surface area contributed by atoms with Gasteiger partial charge in [-0.05, 0) is 47.0 Å². The molecule has 0 amide bonds. The average Bonchev–Trinajstić information content (AvgIpc) is 2.75. The van der Waals surface area contributed by atoms with Crippen molar-refractivity contribution in [3.63, 3.8) is 0 Å². The maximum atomic E-state index is 10.5. The predicted octanol–water partition coefficient (Wildman–Crippen LogP) is 3.42. The molecule has 0 saturated heterocycles. The first-order valence-electron chi connectivity index (χ1n) is 7.17. The summed E-state index contributed by atoms with van der Waals surface area (Å²) in [5.74, 6) is 0.785. The molecule has 5 heteroatoms. The number of nitrogens with zero attached hydrogens (tertiary/aromatic N) is 2. The molecule has 2 aromatic rings. The second kappa shape index (κ2) is 7.09. The van der Waals surface area contributed by atoms with E-state index in [4.69, 9.17) is 4.74 Å². The van der Waals surface area contributed by atoms with Gasteiger partial charge in [0.1, 0.15) is 5.75 Å². The van der Waals surface area contributed by atoms with Crippen molar-refractivity contribution >= 4 is 15.9 Å². The molecule has 114 valence electrons. The molecule has 1 heterocycles. The molecule has 1 N–H and O–H groups in total. The van der Waals surface area contributed by atoms with E-state index in [1.165, 1.54) is 0 Å². The van der Waals surface area contributed by atoms with Gasteiger partial charge in [-0.2, -0.15) is 5.10 Å². The summed E-state index contributed by atoms with van der Waals surface area (Å²) in [6, 6.07) is 7.60. The second-order valence-electron chi connectivity index (χ2n) is 4.91. The molecule has 0 bridgehead atoms. The number of aryl methyl sites for hydroxylation is 2. The minimum absolute atomic E-state index is 0.514. The van der Waals surface area contributed by atoms with Gasteiger partial charge in [-0.15, -0.1) is 0 Å². The lowest BCUT2D eigenvalue weighted by Gasteiger charge is -2.13. The SMILES string of the molecule is CCOc1cccc(C(O)Cc2c(Br)c(CC)nn2C)c1. The summed E-state index contributed by atoms with van der Waals surface area (Å²) in [6.07, 6.45) is 0.797. The van der Waals surface area contributed by atoms with Crippen molar-refractivity contribution in [2.45, 2.75) is 32.8 Å². The molecular weight excluding hydrogens is 332 g/mol. The van der Waals surface area contributed by atoms with Gasteiger partial charge in [0.05, 0.1) is 28.6 Å². The number of aromatic nitrogens is 2. The Morgan fingerprint density at radius 2 is 2.14 bits per heavy atom. The first kappa shape index (κ1) is 16.0. The maximum Gasteiger partial charge on any atom is 0.119 e. The normalized spacial score (nSPS) is 12.4. The summed E-state index contributed by atoms with van der Waals surface area (Å²) in [7, 11) is 1.91. The Balaban J connectivity index is 2.19. The van der Waals surface area contributed by atoms with E-state index < -0.39 is 6.10 Å². The molecule has 0 radical (unpaired) electrons. The van der Waals surface area contributed by atoms with Crippen LogP contribution in [0.1, 0.15) is 36.9 Å². The number of benzene rings is 1. The van der Waals surface area contributed by atoms with Crippen LogP contribution in [0.5, 0.6) is 5.75 Å². The van der Waals surface area contributed by atoms with Gasteiger partial charge in [0.15, 0.2) is 0 Å². The zero-order valence-electron chi connectivity index (χ0n) is 12.6. The number of hydrogen-bond acceptors (Lipinski definition) is 3. The molecule has 0 aliphatic carbocycles. The second-order valence-corrected chi connectivity index (χ2v) is 5.70. The number of rotatable bonds is 6. The Morgan fingerprint density at radius 3 is 2.76 bits per heavy atom. The molecule has 2 rings (SSSR count). The lowest BCUT2D eigenvalue weighted by atomic mass is 10.0. The number of aliphatic hydroxyl groups excluding tert-OH is 1. The maximum absolute atomic E-state index is 10.5. The van der Waals surface area contributed by atoms with Gasteiger partial charge >= 0.3 is 0 Å². The van der Waals surface area contributed by atoms with Crippen LogP contribution in [-0.2, 0) is 19.9 Å². The van der Waals surface area contributed by atoms with E-state index >= 15 is 0 Å². The molecule has 1 aromatic carbocycles. The van der Waals surface area contributed by atoms with Crippen LogP contribution in [0.2, 0.25) is 0 Å². The molecule has 0 aliphatic heterocycles. The van der Waals surface area contributed by atoms with Crippen molar-refractivity contribution in [3.8, 4) is 5.75 Å². The van der Waals surface area contributed by atoms with Crippen LogP contribution in [0.15, 0.2) is 28.7 Å². The van der Waals surface area contributed by atoms with Crippen LogP contribution in [0, 0.1) is 0 Å². The van der Waals surface area contributed by atoms with Crippen molar-refractivity contribution in [1.82, 2.24) is 9.78 Å². The summed E-state index contributed by atoms with van der Waals surface area (Å²) < 4.78 is 8.30. The van der Waals surface area contributed by atoms with Gasteiger partial charge in [0.2, 0.25) is 0 Å². The minimum Gasteiger partial charge on any atom is -0.494 e. The Bertz CT molecular complexity index is 610. The van der Waals surface area contributed by atoms with Gasteiger partial charge < -0.3 is 9.84 Å². The van der Waals surface area contributed by atoms with Crippen molar-refractivity contribution in [1.29, 1.82) is 0 Å². The largest absolute Gasteiger partial charge is 0.494 e. The van der Waals surface area contributed by atoms with Gasteiger partial charge in [-0.1, -0.05) is 19.1 Å². The molecule has 4 nitrogen and oxygen atoms in total. The van der Waals surface area contributed by atoms with Gasteiger partial charge in [-0.25, -0.2) is 0 Å².